The standard InChI is InChI=1S/C22H22F2N2O2/c1-15(28-17-7-4-6-16(12-17)13-25)21(27)26-14-22(10-2-3-11-22)20-18(23)8-5-9-19(20)24/h4-9,12,15H,2-3,10-11,14H2,1H3,(H,26,27). The van der Waals surface area contributed by atoms with Crippen molar-refractivity contribution in [1.82, 2.24) is 5.32 Å². The second kappa shape index (κ2) is 8.39. The Hall–Kier alpha value is -2.94. The van der Waals surface area contributed by atoms with E-state index in [0.717, 1.165) is 12.8 Å². The van der Waals surface area contributed by atoms with Gasteiger partial charge in [0.1, 0.15) is 17.4 Å². The van der Waals surface area contributed by atoms with Crippen LogP contribution in [0.4, 0.5) is 8.78 Å². The molecule has 1 aliphatic carbocycles. The Bertz CT molecular complexity index is 881. The number of benzene rings is 2. The molecule has 0 saturated heterocycles. The van der Waals surface area contributed by atoms with Crippen LogP contribution >= 0.6 is 0 Å². The molecule has 1 fully saturated rings. The third-order valence-electron chi connectivity index (χ3n) is 5.30. The summed E-state index contributed by atoms with van der Waals surface area (Å²) < 4.78 is 34.4. The SMILES string of the molecule is CC(Oc1cccc(C#N)c1)C(=O)NCC1(c2c(F)cccc2F)CCCC1. The van der Waals surface area contributed by atoms with Crippen LogP contribution in [0.25, 0.3) is 0 Å². The number of hydrogen-bond acceptors (Lipinski definition) is 3. The zero-order valence-electron chi connectivity index (χ0n) is 15.7. The lowest BCUT2D eigenvalue weighted by Gasteiger charge is -2.31. The molecule has 1 unspecified atom stereocenters. The third kappa shape index (κ3) is 4.14. The number of halogens is 2. The fourth-order valence-corrected chi connectivity index (χ4v) is 3.87. The minimum Gasteiger partial charge on any atom is -0.481 e. The first-order valence-electron chi connectivity index (χ1n) is 9.34. The summed E-state index contributed by atoms with van der Waals surface area (Å²) >= 11 is 0. The molecule has 6 heteroatoms. The highest BCUT2D eigenvalue weighted by Gasteiger charge is 2.40. The lowest BCUT2D eigenvalue weighted by atomic mass is 9.78. The number of carbonyl (C=O) groups excluding carboxylic acids is 1. The van der Waals surface area contributed by atoms with Gasteiger partial charge in [-0.2, -0.15) is 5.26 Å². The number of carbonyl (C=O) groups is 1. The van der Waals surface area contributed by atoms with Crippen molar-refractivity contribution in [1.29, 1.82) is 5.26 Å². The van der Waals surface area contributed by atoms with Crippen molar-refractivity contribution in [3.05, 3.63) is 65.2 Å². The van der Waals surface area contributed by atoms with Crippen LogP contribution in [-0.4, -0.2) is 18.6 Å². The highest BCUT2D eigenvalue weighted by Crippen LogP contribution is 2.42. The molecule has 146 valence electrons. The zero-order valence-corrected chi connectivity index (χ0v) is 15.7. The maximum atomic E-state index is 14.4. The van der Waals surface area contributed by atoms with E-state index in [0.29, 0.717) is 24.2 Å². The molecule has 28 heavy (non-hydrogen) atoms. The van der Waals surface area contributed by atoms with Gasteiger partial charge in [0.25, 0.3) is 5.91 Å². The van der Waals surface area contributed by atoms with Crippen LogP contribution in [-0.2, 0) is 10.2 Å². The van der Waals surface area contributed by atoms with E-state index < -0.39 is 23.2 Å². The van der Waals surface area contributed by atoms with Crippen LogP contribution in [0, 0.1) is 23.0 Å². The van der Waals surface area contributed by atoms with Crippen molar-refractivity contribution in [2.24, 2.45) is 0 Å². The lowest BCUT2D eigenvalue weighted by Crippen LogP contribution is -2.44. The topological polar surface area (TPSA) is 62.1 Å². The highest BCUT2D eigenvalue weighted by atomic mass is 19.1. The Kier molecular flexibility index (Phi) is 5.93. The molecule has 0 spiro atoms. The van der Waals surface area contributed by atoms with Crippen LogP contribution < -0.4 is 10.1 Å². The van der Waals surface area contributed by atoms with E-state index in [2.05, 4.69) is 5.32 Å². The molecular formula is C22H22F2N2O2. The lowest BCUT2D eigenvalue weighted by molar-refractivity contribution is -0.127. The smallest absolute Gasteiger partial charge is 0.260 e. The van der Waals surface area contributed by atoms with E-state index >= 15 is 0 Å². The van der Waals surface area contributed by atoms with Gasteiger partial charge in [0.15, 0.2) is 6.10 Å². The Morgan fingerprint density at radius 2 is 1.86 bits per heavy atom. The van der Waals surface area contributed by atoms with E-state index in [1.54, 1.807) is 31.2 Å². The van der Waals surface area contributed by atoms with Crippen molar-refractivity contribution in [3.63, 3.8) is 0 Å². The molecule has 3 rings (SSSR count). The summed E-state index contributed by atoms with van der Waals surface area (Å²) in [6, 6.07) is 12.4. The van der Waals surface area contributed by atoms with Gasteiger partial charge in [-0.15, -0.1) is 0 Å². The molecule has 1 atom stereocenters. The van der Waals surface area contributed by atoms with Gasteiger partial charge in [-0.25, -0.2) is 8.78 Å². The van der Waals surface area contributed by atoms with Crippen LogP contribution in [0.15, 0.2) is 42.5 Å². The van der Waals surface area contributed by atoms with Gasteiger partial charge in [-0.05, 0) is 50.1 Å². The number of rotatable bonds is 6. The summed E-state index contributed by atoms with van der Waals surface area (Å²) in [7, 11) is 0. The molecule has 2 aromatic carbocycles. The van der Waals surface area contributed by atoms with Crippen molar-refractivity contribution in [2.75, 3.05) is 6.54 Å². The van der Waals surface area contributed by atoms with E-state index in [4.69, 9.17) is 10.00 Å². The number of nitriles is 1. The second-order valence-electron chi connectivity index (χ2n) is 7.20. The monoisotopic (exact) mass is 384 g/mol. The van der Waals surface area contributed by atoms with Crippen molar-refractivity contribution < 1.29 is 18.3 Å². The minimum absolute atomic E-state index is 0.0584. The average molecular weight is 384 g/mol. The maximum absolute atomic E-state index is 14.4. The molecule has 0 aromatic heterocycles. The molecule has 0 aliphatic heterocycles. The molecule has 2 aromatic rings. The highest BCUT2D eigenvalue weighted by molar-refractivity contribution is 5.80. The predicted molar refractivity (Wildman–Crippen MR) is 101 cm³/mol. The summed E-state index contributed by atoms with van der Waals surface area (Å²) in [5.74, 6) is -1.11. The Balaban J connectivity index is 1.70. The quantitative estimate of drug-likeness (QED) is 0.811. The molecule has 1 aliphatic rings. The van der Waals surface area contributed by atoms with Gasteiger partial charge < -0.3 is 10.1 Å². The predicted octanol–water partition coefficient (Wildman–Crippen LogP) is 4.23. The Morgan fingerprint density at radius 3 is 2.50 bits per heavy atom. The fourth-order valence-electron chi connectivity index (χ4n) is 3.87. The van der Waals surface area contributed by atoms with E-state index in [9.17, 15) is 13.6 Å². The minimum atomic E-state index is -0.808. The van der Waals surface area contributed by atoms with Gasteiger partial charge in [0.2, 0.25) is 0 Å². The van der Waals surface area contributed by atoms with Gasteiger partial charge in [-0.1, -0.05) is 25.0 Å². The molecule has 0 heterocycles. The number of ether oxygens (including phenoxy) is 1. The molecule has 1 saturated carbocycles. The first kappa shape index (κ1) is 19.8. The third-order valence-corrected chi connectivity index (χ3v) is 5.30. The van der Waals surface area contributed by atoms with Crippen LogP contribution in [0.5, 0.6) is 5.75 Å². The number of nitrogens with zero attached hydrogens (tertiary/aromatic N) is 1. The molecule has 1 amide bonds. The largest absolute Gasteiger partial charge is 0.481 e. The van der Waals surface area contributed by atoms with E-state index in [-0.39, 0.29) is 18.0 Å². The van der Waals surface area contributed by atoms with Gasteiger partial charge in [0.05, 0.1) is 11.6 Å². The Labute approximate surface area is 163 Å². The molecule has 1 N–H and O–H groups in total. The summed E-state index contributed by atoms with van der Waals surface area (Å²) in [6.07, 6.45) is 2.14. The maximum Gasteiger partial charge on any atom is 0.260 e. The van der Waals surface area contributed by atoms with Crippen LogP contribution in [0.3, 0.4) is 0 Å². The Morgan fingerprint density at radius 1 is 1.21 bits per heavy atom. The molecule has 0 radical (unpaired) electrons. The number of amides is 1. The fraction of sp³-hybridized carbons (Fsp3) is 0.364. The van der Waals surface area contributed by atoms with Crippen molar-refractivity contribution >= 4 is 5.91 Å². The summed E-state index contributed by atoms with van der Waals surface area (Å²) in [4.78, 5) is 12.5. The molecule has 0 bridgehead atoms. The van der Waals surface area contributed by atoms with Crippen molar-refractivity contribution in [2.45, 2.75) is 44.1 Å². The molecule has 4 nitrogen and oxygen atoms in total. The zero-order chi connectivity index (χ0) is 20.1. The normalized spacial score (nSPS) is 16.2. The molecular weight excluding hydrogens is 362 g/mol. The summed E-state index contributed by atoms with van der Waals surface area (Å²) in [6.45, 7) is 1.75. The van der Waals surface area contributed by atoms with Crippen molar-refractivity contribution in [3.8, 4) is 11.8 Å². The number of nitrogens with one attached hydrogen (secondary N) is 1. The van der Waals surface area contributed by atoms with E-state index in [1.165, 1.54) is 18.2 Å². The van der Waals surface area contributed by atoms with Gasteiger partial charge >= 0.3 is 0 Å². The van der Waals surface area contributed by atoms with E-state index in [1.807, 2.05) is 6.07 Å². The van der Waals surface area contributed by atoms with Crippen LogP contribution in [0.1, 0.15) is 43.7 Å². The van der Waals surface area contributed by atoms with Gasteiger partial charge in [0, 0.05) is 17.5 Å². The first-order valence-corrected chi connectivity index (χ1v) is 9.34. The summed E-state index contributed by atoms with van der Waals surface area (Å²) in [5.41, 5.74) is -0.251. The first-order chi connectivity index (χ1) is 13.4. The number of hydrogen-bond donors (Lipinski definition) is 1. The second-order valence-corrected chi connectivity index (χ2v) is 7.20. The van der Waals surface area contributed by atoms with Crippen LogP contribution in [0.2, 0.25) is 0 Å². The van der Waals surface area contributed by atoms with Gasteiger partial charge in [-0.3, -0.25) is 4.79 Å². The summed E-state index contributed by atoms with van der Waals surface area (Å²) in [5, 5.41) is 11.8. The average Bonchev–Trinajstić information content (AvgIpc) is 3.15.